The smallest absolute Gasteiger partial charge is 0.191 e. The number of hydrogen-bond acceptors (Lipinski definition) is 4. The van der Waals surface area contributed by atoms with Gasteiger partial charge in [-0.2, -0.15) is 0 Å². The molecule has 0 spiro atoms. The molecule has 0 aliphatic heterocycles. The van der Waals surface area contributed by atoms with E-state index in [-0.39, 0.29) is 24.0 Å². The normalized spacial score (nSPS) is 15.3. The van der Waals surface area contributed by atoms with E-state index in [2.05, 4.69) is 64.8 Å². The molecule has 142 valence electrons. The number of benzene rings is 1. The van der Waals surface area contributed by atoms with Crippen LogP contribution in [0.3, 0.4) is 0 Å². The Morgan fingerprint density at radius 1 is 1.23 bits per heavy atom. The third-order valence-corrected chi connectivity index (χ3v) is 6.96. The fourth-order valence-electron chi connectivity index (χ4n) is 2.76. The van der Waals surface area contributed by atoms with Crippen LogP contribution >= 0.6 is 47.1 Å². The number of aliphatic imine (C=N–C) groups is 1. The van der Waals surface area contributed by atoms with E-state index in [1.54, 1.807) is 11.3 Å². The molecule has 4 nitrogen and oxygen atoms in total. The summed E-state index contributed by atoms with van der Waals surface area (Å²) < 4.78 is 0.324. The van der Waals surface area contributed by atoms with Crippen LogP contribution < -0.4 is 10.6 Å². The van der Waals surface area contributed by atoms with Gasteiger partial charge in [0.1, 0.15) is 0 Å². The summed E-state index contributed by atoms with van der Waals surface area (Å²) >= 11 is 3.77. The average Bonchev–Trinajstić information content (AvgIpc) is 3.29. The SMILES string of the molecule is CN=C(NCCc1sc(C)nc1C)NCC1(Sc2ccccc2)CC1.I. The van der Waals surface area contributed by atoms with E-state index in [0.717, 1.165) is 36.2 Å². The zero-order valence-corrected chi connectivity index (χ0v) is 19.5. The first-order chi connectivity index (χ1) is 12.1. The van der Waals surface area contributed by atoms with E-state index in [1.807, 2.05) is 18.8 Å². The third kappa shape index (κ3) is 6.13. The number of nitrogens with one attached hydrogen (secondary N) is 2. The van der Waals surface area contributed by atoms with Crippen molar-refractivity contribution in [2.45, 2.75) is 42.8 Å². The monoisotopic (exact) mass is 502 g/mol. The standard InChI is InChI=1S/C19H26N4S2.HI/c1-14-17(24-15(2)23-14)9-12-21-18(20-3)22-13-19(10-11-19)25-16-7-5-4-6-8-16;/h4-8H,9-13H2,1-3H3,(H2,20,21,22);1H. The van der Waals surface area contributed by atoms with Crippen molar-refractivity contribution < 1.29 is 0 Å². The van der Waals surface area contributed by atoms with Gasteiger partial charge in [-0.25, -0.2) is 4.98 Å². The number of halogens is 1. The Kier molecular flexibility index (Phi) is 8.22. The molecule has 0 radical (unpaired) electrons. The fraction of sp³-hybridized carbons (Fsp3) is 0.474. The molecule has 0 amide bonds. The summed E-state index contributed by atoms with van der Waals surface area (Å²) in [6.07, 6.45) is 3.51. The van der Waals surface area contributed by atoms with Gasteiger partial charge in [-0.3, -0.25) is 4.99 Å². The van der Waals surface area contributed by atoms with Gasteiger partial charge in [-0.1, -0.05) is 18.2 Å². The van der Waals surface area contributed by atoms with Gasteiger partial charge in [0, 0.05) is 41.1 Å². The quantitative estimate of drug-likeness (QED) is 0.335. The predicted octanol–water partition coefficient (Wildman–Crippen LogP) is 4.41. The van der Waals surface area contributed by atoms with E-state index in [0.29, 0.717) is 4.75 Å². The maximum atomic E-state index is 4.49. The van der Waals surface area contributed by atoms with E-state index in [9.17, 15) is 0 Å². The first kappa shape index (κ1) is 21.5. The first-order valence-electron chi connectivity index (χ1n) is 8.72. The maximum absolute atomic E-state index is 4.49. The highest BCUT2D eigenvalue weighted by Crippen LogP contribution is 2.51. The largest absolute Gasteiger partial charge is 0.356 e. The minimum absolute atomic E-state index is 0. The first-order valence-corrected chi connectivity index (χ1v) is 10.3. The summed E-state index contributed by atoms with van der Waals surface area (Å²) in [4.78, 5) is 11.6. The molecule has 26 heavy (non-hydrogen) atoms. The Morgan fingerprint density at radius 3 is 2.54 bits per heavy atom. The van der Waals surface area contributed by atoms with Crippen molar-refractivity contribution in [3.8, 4) is 0 Å². The molecule has 1 aromatic heterocycles. The lowest BCUT2D eigenvalue weighted by molar-refractivity contribution is 0.761. The van der Waals surface area contributed by atoms with Crippen LogP contribution in [-0.4, -0.2) is 35.8 Å². The topological polar surface area (TPSA) is 49.3 Å². The number of thioether (sulfide) groups is 1. The van der Waals surface area contributed by atoms with Crippen molar-refractivity contribution in [3.63, 3.8) is 0 Å². The zero-order chi connectivity index (χ0) is 17.7. The highest BCUT2D eigenvalue weighted by Gasteiger charge is 2.43. The molecule has 1 aliphatic carbocycles. The molecule has 2 N–H and O–H groups in total. The minimum atomic E-state index is 0. The molecule has 2 aromatic rings. The van der Waals surface area contributed by atoms with Crippen LogP contribution in [0.2, 0.25) is 0 Å². The van der Waals surface area contributed by atoms with E-state index in [4.69, 9.17) is 0 Å². The second-order valence-electron chi connectivity index (χ2n) is 6.44. The molecule has 1 aromatic carbocycles. The minimum Gasteiger partial charge on any atom is -0.356 e. The van der Waals surface area contributed by atoms with Gasteiger partial charge in [0.05, 0.1) is 10.7 Å². The van der Waals surface area contributed by atoms with Crippen molar-refractivity contribution in [2.24, 2.45) is 4.99 Å². The second-order valence-corrected chi connectivity index (χ2v) is 9.27. The molecule has 0 atom stereocenters. The molecule has 0 bridgehead atoms. The molecule has 1 fully saturated rings. The Labute approximate surface area is 181 Å². The summed E-state index contributed by atoms with van der Waals surface area (Å²) in [5.41, 5.74) is 1.16. The zero-order valence-electron chi connectivity index (χ0n) is 15.5. The number of rotatable bonds is 7. The number of aryl methyl sites for hydroxylation is 2. The molecule has 3 rings (SSSR count). The Bertz CT molecular complexity index is 726. The van der Waals surface area contributed by atoms with Crippen molar-refractivity contribution in [2.75, 3.05) is 20.1 Å². The molecule has 7 heteroatoms. The highest BCUT2D eigenvalue weighted by molar-refractivity contribution is 14.0. The molecular weight excluding hydrogens is 475 g/mol. The van der Waals surface area contributed by atoms with Crippen LogP contribution in [0.1, 0.15) is 28.4 Å². The number of aromatic nitrogens is 1. The Hall–Kier alpha value is -0.800. The summed E-state index contributed by atoms with van der Waals surface area (Å²) in [5.74, 6) is 0.888. The number of nitrogens with zero attached hydrogens (tertiary/aromatic N) is 2. The molecule has 1 heterocycles. The van der Waals surface area contributed by atoms with Crippen molar-refractivity contribution in [1.82, 2.24) is 15.6 Å². The number of guanidine groups is 1. The van der Waals surface area contributed by atoms with Crippen LogP contribution in [0.5, 0.6) is 0 Å². The van der Waals surface area contributed by atoms with Crippen molar-refractivity contribution >= 4 is 53.0 Å². The predicted molar refractivity (Wildman–Crippen MR) is 124 cm³/mol. The van der Waals surface area contributed by atoms with E-state index < -0.39 is 0 Å². The van der Waals surface area contributed by atoms with Gasteiger partial charge in [-0.05, 0) is 38.8 Å². The summed E-state index contributed by atoms with van der Waals surface area (Å²) in [5, 5.41) is 8.07. The molecule has 1 aliphatic rings. The van der Waals surface area contributed by atoms with Crippen LogP contribution in [0.4, 0.5) is 0 Å². The lowest BCUT2D eigenvalue weighted by Gasteiger charge is -2.18. The van der Waals surface area contributed by atoms with Crippen LogP contribution in [0.15, 0.2) is 40.2 Å². The van der Waals surface area contributed by atoms with Crippen LogP contribution in [0, 0.1) is 13.8 Å². The third-order valence-electron chi connectivity index (χ3n) is 4.33. The Morgan fingerprint density at radius 2 is 1.96 bits per heavy atom. The number of hydrogen-bond donors (Lipinski definition) is 2. The van der Waals surface area contributed by atoms with Crippen LogP contribution in [-0.2, 0) is 6.42 Å². The van der Waals surface area contributed by atoms with E-state index in [1.165, 1.54) is 22.6 Å². The average molecular weight is 502 g/mol. The van der Waals surface area contributed by atoms with E-state index >= 15 is 0 Å². The second kappa shape index (κ2) is 9.94. The Balaban J connectivity index is 0.00000243. The molecule has 1 saturated carbocycles. The van der Waals surface area contributed by atoms with Crippen molar-refractivity contribution in [3.05, 3.63) is 45.9 Å². The molecular formula is C19H27IN4S2. The van der Waals surface area contributed by atoms with Gasteiger partial charge >= 0.3 is 0 Å². The fourth-order valence-corrected chi connectivity index (χ4v) is 4.94. The highest BCUT2D eigenvalue weighted by atomic mass is 127. The van der Waals surface area contributed by atoms with Gasteiger partial charge in [0.25, 0.3) is 0 Å². The number of thiazole rings is 1. The summed E-state index contributed by atoms with van der Waals surface area (Å²) in [6.45, 7) is 5.98. The lowest BCUT2D eigenvalue weighted by atomic mass is 10.3. The van der Waals surface area contributed by atoms with Gasteiger partial charge in [0.15, 0.2) is 5.96 Å². The van der Waals surface area contributed by atoms with Gasteiger partial charge < -0.3 is 10.6 Å². The molecule has 0 unspecified atom stereocenters. The van der Waals surface area contributed by atoms with Crippen LogP contribution in [0.25, 0.3) is 0 Å². The maximum Gasteiger partial charge on any atom is 0.191 e. The van der Waals surface area contributed by atoms with Crippen molar-refractivity contribution in [1.29, 1.82) is 0 Å². The molecule has 0 saturated heterocycles. The lowest BCUT2D eigenvalue weighted by Crippen LogP contribution is -2.41. The van der Waals surface area contributed by atoms with Gasteiger partial charge in [-0.15, -0.1) is 47.1 Å². The van der Waals surface area contributed by atoms with Gasteiger partial charge in [0.2, 0.25) is 0 Å². The summed E-state index contributed by atoms with van der Waals surface area (Å²) in [6, 6.07) is 10.7. The summed E-state index contributed by atoms with van der Waals surface area (Å²) in [7, 11) is 1.83.